The minimum atomic E-state index is -0.178. The normalized spacial score (nSPS) is 9.86. The van der Waals surface area contributed by atoms with E-state index in [0.29, 0.717) is 18.7 Å². The van der Waals surface area contributed by atoms with E-state index in [-0.39, 0.29) is 5.91 Å². The molecular weight excluding hydrogens is 278 g/mol. The second-order valence-electron chi connectivity index (χ2n) is 4.54. The molecule has 0 bridgehead atoms. The first-order chi connectivity index (χ1) is 10.7. The number of pyridine rings is 1. The molecule has 0 saturated carbocycles. The minimum Gasteiger partial charge on any atom is -0.494 e. The Kier molecular flexibility index (Phi) is 5.54. The largest absolute Gasteiger partial charge is 0.494 e. The van der Waals surface area contributed by atoms with Gasteiger partial charge in [-0.05, 0) is 37.3 Å². The zero-order valence-electron chi connectivity index (χ0n) is 12.5. The lowest BCUT2D eigenvalue weighted by Crippen LogP contribution is -2.23. The van der Waals surface area contributed by atoms with Crippen LogP contribution in [0.5, 0.6) is 5.75 Å². The van der Waals surface area contributed by atoms with Crippen molar-refractivity contribution < 1.29 is 9.53 Å². The monoisotopic (exact) mass is 297 g/mol. The highest BCUT2D eigenvalue weighted by Crippen LogP contribution is 2.20. The Morgan fingerprint density at radius 1 is 1.27 bits per heavy atom. The van der Waals surface area contributed by atoms with Crippen molar-refractivity contribution in [3.05, 3.63) is 60.9 Å². The molecule has 0 aliphatic rings. The maximum Gasteiger partial charge on any atom is 0.253 e. The van der Waals surface area contributed by atoms with Crippen LogP contribution in [0.15, 0.2) is 55.4 Å². The molecule has 0 unspecified atom stereocenters. The Hall–Kier alpha value is -2.82. The summed E-state index contributed by atoms with van der Waals surface area (Å²) < 4.78 is 5.40. The van der Waals surface area contributed by atoms with Crippen molar-refractivity contribution in [3.8, 4) is 5.75 Å². The zero-order chi connectivity index (χ0) is 15.8. The van der Waals surface area contributed by atoms with Crippen molar-refractivity contribution in [2.24, 2.45) is 0 Å². The number of hydrogen-bond acceptors (Lipinski definition) is 4. The SMILES string of the molecule is C=CCNC(=O)c1cncc(Nc2ccc(OCC)cc2)c1. The molecule has 5 nitrogen and oxygen atoms in total. The smallest absolute Gasteiger partial charge is 0.253 e. The van der Waals surface area contributed by atoms with E-state index in [9.17, 15) is 4.79 Å². The molecule has 22 heavy (non-hydrogen) atoms. The maximum atomic E-state index is 11.9. The Bertz CT molecular complexity index is 639. The van der Waals surface area contributed by atoms with Crippen LogP contribution in [0.2, 0.25) is 0 Å². The summed E-state index contributed by atoms with van der Waals surface area (Å²) >= 11 is 0. The van der Waals surface area contributed by atoms with Crippen LogP contribution in [-0.4, -0.2) is 24.0 Å². The van der Waals surface area contributed by atoms with Crippen LogP contribution in [0.25, 0.3) is 0 Å². The molecule has 0 atom stereocenters. The first kappa shape index (κ1) is 15.6. The van der Waals surface area contributed by atoms with Crippen LogP contribution in [0.4, 0.5) is 11.4 Å². The lowest BCUT2D eigenvalue weighted by molar-refractivity contribution is 0.0957. The second kappa shape index (κ2) is 7.83. The molecule has 5 heteroatoms. The van der Waals surface area contributed by atoms with Gasteiger partial charge in [0, 0.05) is 18.4 Å². The number of nitrogens with zero attached hydrogens (tertiary/aromatic N) is 1. The summed E-state index contributed by atoms with van der Waals surface area (Å²) in [5.41, 5.74) is 2.14. The molecule has 2 aromatic rings. The lowest BCUT2D eigenvalue weighted by Gasteiger charge is -2.09. The molecule has 0 spiro atoms. The molecule has 1 amide bonds. The first-order valence-corrected chi connectivity index (χ1v) is 7.07. The number of nitrogens with one attached hydrogen (secondary N) is 2. The van der Waals surface area contributed by atoms with Gasteiger partial charge in [-0.25, -0.2) is 0 Å². The fraction of sp³-hybridized carbons (Fsp3) is 0.176. The summed E-state index contributed by atoms with van der Waals surface area (Å²) in [6, 6.07) is 9.35. The van der Waals surface area contributed by atoms with Gasteiger partial charge >= 0.3 is 0 Å². The summed E-state index contributed by atoms with van der Waals surface area (Å²) in [7, 11) is 0. The Labute approximate surface area is 130 Å². The van der Waals surface area contributed by atoms with Crippen LogP contribution in [-0.2, 0) is 0 Å². The van der Waals surface area contributed by atoms with E-state index in [1.165, 1.54) is 6.20 Å². The Morgan fingerprint density at radius 2 is 2.05 bits per heavy atom. The highest BCUT2D eigenvalue weighted by Gasteiger charge is 2.06. The lowest BCUT2D eigenvalue weighted by atomic mass is 10.2. The van der Waals surface area contributed by atoms with E-state index < -0.39 is 0 Å². The van der Waals surface area contributed by atoms with E-state index in [2.05, 4.69) is 22.2 Å². The predicted octanol–water partition coefficient (Wildman–Crippen LogP) is 3.14. The number of rotatable bonds is 7. The molecular formula is C17H19N3O2. The van der Waals surface area contributed by atoms with E-state index in [0.717, 1.165) is 17.1 Å². The van der Waals surface area contributed by atoms with Crippen LogP contribution in [0.1, 0.15) is 17.3 Å². The third-order valence-electron chi connectivity index (χ3n) is 2.86. The van der Waals surface area contributed by atoms with E-state index >= 15 is 0 Å². The van der Waals surface area contributed by atoms with Crippen LogP contribution in [0, 0.1) is 0 Å². The van der Waals surface area contributed by atoms with Crippen molar-refractivity contribution in [2.45, 2.75) is 6.92 Å². The van der Waals surface area contributed by atoms with E-state index in [1.807, 2.05) is 31.2 Å². The number of carbonyl (C=O) groups excluding carboxylic acids is 1. The molecule has 0 radical (unpaired) electrons. The fourth-order valence-electron chi connectivity index (χ4n) is 1.87. The van der Waals surface area contributed by atoms with Gasteiger partial charge in [-0.1, -0.05) is 6.08 Å². The Morgan fingerprint density at radius 3 is 2.73 bits per heavy atom. The molecule has 0 saturated heterocycles. The van der Waals surface area contributed by atoms with Crippen molar-refractivity contribution >= 4 is 17.3 Å². The average molecular weight is 297 g/mol. The quantitative estimate of drug-likeness (QED) is 0.771. The van der Waals surface area contributed by atoms with Gasteiger partial charge in [-0.3, -0.25) is 9.78 Å². The van der Waals surface area contributed by atoms with Gasteiger partial charge in [0.05, 0.1) is 24.1 Å². The maximum absolute atomic E-state index is 11.9. The summed E-state index contributed by atoms with van der Waals surface area (Å²) in [5.74, 6) is 0.645. The highest BCUT2D eigenvalue weighted by molar-refractivity contribution is 5.94. The van der Waals surface area contributed by atoms with Gasteiger partial charge in [-0.2, -0.15) is 0 Å². The third kappa shape index (κ3) is 4.34. The number of ether oxygens (including phenoxy) is 1. The number of amides is 1. The number of anilines is 2. The van der Waals surface area contributed by atoms with Gasteiger partial charge < -0.3 is 15.4 Å². The molecule has 114 valence electrons. The van der Waals surface area contributed by atoms with Crippen LogP contribution in [0.3, 0.4) is 0 Å². The molecule has 2 N–H and O–H groups in total. The Balaban J connectivity index is 2.06. The zero-order valence-corrected chi connectivity index (χ0v) is 12.5. The van der Waals surface area contributed by atoms with Crippen LogP contribution < -0.4 is 15.4 Å². The molecule has 1 heterocycles. The molecule has 1 aromatic heterocycles. The minimum absolute atomic E-state index is 0.178. The van der Waals surface area contributed by atoms with Crippen molar-refractivity contribution in [1.82, 2.24) is 10.3 Å². The summed E-state index contributed by atoms with van der Waals surface area (Å²) in [5, 5.41) is 5.93. The molecule has 0 aliphatic carbocycles. The van der Waals surface area contributed by atoms with Gasteiger partial charge in [0.2, 0.25) is 0 Å². The van der Waals surface area contributed by atoms with Crippen molar-refractivity contribution in [1.29, 1.82) is 0 Å². The molecule has 2 rings (SSSR count). The summed E-state index contributed by atoms with van der Waals surface area (Å²) in [6.07, 6.45) is 4.83. The summed E-state index contributed by atoms with van der Waals surface area (Å²) in [4.78, 5) is 16.0. The molecule has 0 aliphatic heterocycles. The fourth-order valence-corrected chi connectivity index (χ4v) is 1.87. The number of hydrogen-bond donors (Lipinski definition) is 2. The standard InChI is InChI=1S/C17H19N3O2/c1-3-9-19-17(21)13-10-15(12-18-11-13)20-14-5-7-16(8-6-14)22-4-2/h3,5-8,10-12,20H,1,4,9H2,2H3,(H,19,21). The van der Waals surface area contributed by atoms with Crippen LogP contribution >= 0.6 is 0 Å². The van der Waals surface area contributed by atoms with Gasteiger partial charge in [-0.15, -0.1) is 6.58 Å². The van der Waals surface area contributed by atoms with Gasteiger partial charge in [0.25, 0.3) is 5.91 Å². The second-order valence-corrected chi connectivity index (χ2v) is 4.54. The number of carbonyl (C=O) groups is 1. The number of aromatic nitrogens is 1. The number of benzene rings is 1. The average Bonchev–Trinajstić information content (AvgIpc) is 2.55. The first-order valence-electron chi connectivity index (χ1n) is 7.07. The topological polar surface area (TPSA) is 63.2 Å². The van der Waals surface area contributed by atoms with E-state index in [1.54, 1.807) is 18.3 Å². The predicted molar refractivity (Wildman–Crippen MR) is 87.7 cm³/mol. The third-order valence-corrected chi connectivity index (χ3v) is 2.86. The van der Waals surface area contributed by atoms with Gasteiger partial charge in [0.1, 0.15) is 5.75 Å². The van der Waals surface area contributed by atoms with Crippen molar-refractivity contribution in [2.75, 3.05) is 18.5 Å². The summed E-state index contributed by atoms with van der Waals surface area (Å²) in [6.45, 7) is 6.58. The molecule has 1 aromatic carbocycles. The van der Waals surface area contributed by atoms with Gasteiger partial charge in [0.15, 0.2) is 0 Å². The molecule has 0 fully saturated rings. The van der Waals surface area contributed by atoms with E-state index in [4.69, 9.17) is 4.74 Å². The van der Waals surface area contributed by atoms with Crippen molar-refractivity contribution in [3.63, 3.8) is 0 Å². The highest BCUT2D eigenvalue weighted by atomic mass is 16.5.